The van der Waals surface area contributed by atoms with E-state index in [0.717, 1.165) is 25.0 Å². The number of amides is 2. The number of halogens is 3. The average Bonchev–Trinajstić information content (AvgIpc) is 3.05. The maximum absolute atomic E-state index is 13.4. The van der Waals surface area contributed by atoms with Gasteiger partial charge in [-0.1, -0.05) is 42.4 Å². The fourth-order valence-electron chi connectivity index (χ4n) is 5.54. The van der Waals surface area contributed by atoms with Gasteiger partial charge >= 0.3 is 6.18 Å². The Morgan fingerprint density at radius 3 is 2.52 bits per heavy atom. The van der Waals surface area contributed by atoms with E-state index in [9.17, 15) is 27.6 Å². The standard InChI is InChI=1S/C34H35F3N4O4S/c1-23-22-39(17-18-40(23)31(43)24-10-8-13-27(20-24)45-2)30(42)16-4-3-7-19-46-33-38-29-15-6-5-14-28(29)32(44)41(33)26-12-9-11-25(21-26)34(35,36)37/h5-6,8-15,20-21,23H,3-4,7,16-19,22H2,1-2H3. The van der Waals surface area contributed by atoms with Crippen molar-refractivity contribution in [1.82, 2.24) is 19.4 Å². The van der Waals surface area contributed by atoms with Gasteiger partial charge in [0.2, 0.25) is 5.91 Å². The first-order valence-electron chi connectivity index (χ1n) is 15.1. The van der Waals surface area contributed by atoms with E-state index < -0.39 is 17.3 Å². The van der Waals surface area contributed by atoms with Gasteiger partial charge in [0.05, 0.1) is 29.3 Å². The zero-order chi connectivity index (χ0) is 32.8. The second kappa shape index (κ2) is 14.4. The maximum atomic E-state index is 13.4. The zero-order valence-corrected chi connectivity index (χ0v) is 26.4. The quantitative estimate of drug-likeness (QED) is 0.111. The van der Waals surface area contributed by atoms with Gasteiger partial charge in [-0.05, 0) is 68.3 Å². The van der Waals surface area contributed by atoms with Crippen LogP contribution in [0.15, 0.2) is 82.7 Å². The zero-order valence-electron chi connectivity index (χ0n) is 25.6. The Bertz CT molecular complexity index is 1780. The second-order valence-corrected chi connectivity index (χ2v) is 12.2. The number of aromatic nitrogens is 2. The van der Waals surface area contributed by atoms with Gasteiger partial charge in [0.1, 0.15) is 5.75 Å². The lowest BCUT2D eigenvalue weighted by Crippen LogP contribution is -2.55. The molecule has 12 heteroatoms. The summed E-state index contributed by atoms with van der Waals surface area (Å²) >= 11 is 1.30. The number of hydrogen-bond acceptors (Lipinski definition) is 6. The van der Waals surface area contributed by atoms with E-state index in [2.05, 4.69) is 4.98 Å². The molecule has 0 N–H and O–H groups in total. The van der Waals surface area contributed by atoms with Gasteiger partial charge in [-0.3, -0.25) is 19.0 Å². The van der Waals surface area contributed by atoms with Crippen LogP contribution >= 0.6 is 11.8 Å². The third-order valence-electron chi connectivity index (χ3n) is 8.00. The van der Waals surface area contributed by atoms with E-state index in [1.165, 1.54) is 28.5 Å². The van der Waals surface area contributed by atoms with Crippen LogP contribution in [0, 0.1) is 0 Å². The van der Waals surface area contributed by atoms with Crippen LogP contribution in [-0.2, 0) is 11.0 Å². The highest BCUT2D eigenvalue weighted by Crippen LogP contribution is 2.31. The van der Waals surface area contributed by atoms with Crippen molar-refractivity contribution in [2.75, 3.05) is 32.5 Å². The molecule has 0 bridgehead atoms. The summed E-state index contributed by atoms with van der Waals surface area (Å²) in [5, 5.41) is 0.636. The van der Waals surface area contributed by atoms with Crippen molar-refractivity contribution in [3.8, 4) is 11.4 Å². The fraction of sp³-hybridized carbons (Fsp3) is 0.353. The van der Waals surface area contributed by atoms with Crippen molar-refractivity contribution in [3.05, 3.63) is 94.3 Å². The second-order valence-electron chi connectivity index (χ2n) is 11.2. The largest absolute Gasteiger partial charge is 0.497 e. The highest BCUT2D eigenvalue weighted by molar-refractivity contribution is 7.99. The highest BCUT2D eigenvalue weighted by Gasteiger charge is 2.31. The predicted octanol–water partition coefficient (Wildman–Crippen LogP) is 6.44. The van der Waals surface area contributed by atoms with Crippen LogP contribution in [-0.4, -0.2) is 69.7 Å². The van der Waals surface area contributed by atoms with Crippen LogP contribution in [0.3, 0.4) is 0 Å². The summed E-state index contributed by atoms with van der Waals surface area (Å²) in [4.78, 5) is 47.6. The van der Waals surface area contributed by atoms with Crippen molar-refractivity contribution < 1.29 is 27.5 Å². The molecule has 0 radical (unpaired) electrons. The highest BCUT2D eigenvalue weighted by atomic mass is 32.2. The Labute approximate surface area is 269 Å². The van der Waals surface area contributed by atoms with Crippen LogP contribution in [0.5, 0.6) is 5.75 Å². The minimum absolute atomic E-state index is 0.0440. The molecule has 1 aromatic heterocycles. The van der Waals surface area contributed by atoms with Gasteiger partial charge < -0.3 is 14.5 Å². The average molecular weight is 653 g/mol. The molecular weight excluding hydrogens is 617 g/mol. The molecule has 46 heavy (non-hydrogen) atoms. The number of unbranched alkanes of at least 4 members (excludes halogenated alkanes) is 2. The Balaban J connectivity index is 1.15. The Morgan fingerprint density at radius 2 is 1.76 bits per heavy atom. The number of rotatable bonds is 10. The van der Waals surface area contributed by atoms with Crippen molar-refractivity contribution in [3.63, 3.8) is 0 Å². The molecule has 1 aliphatic heterocycles. The number of piperazine rings is 1. The molecule has 3 aromatic carbocycles. The predicted molar refractivity (Wildman–Crippen MR) is 172 cm³/mol. The number of ether oxygens (including phenoxy) is 1. The normalized spacial score (nSPS) is 15.3. The molecule has 0 aliphatic carbocycles. The van der Waals surface area contributed by atoms with Crippen molar-refractivity contribution >= 4 is 34.5 Å². The molecule has 2 heterocycles. The number of nitrogens with zero attached hydrogens (tertiary/aromatic N) is 4. The monoisotopic (exact) mass is 652 g/mol. The lowest BCUT2D eigenvalue weighted by molar-refractivity contribution is -0.137. The molecule has 8 nitrogen and oxygen atoms in total. The first-order chi connectivity index (χ1) is 22.1. The summed E-state index contributed by atoms with van der Waals surface area (Å²) in [6, 6.07) is 18.4. The van der Waals surface area contributed by atoms with Gasteiger partial charge in [0, 0.05) is 43.4 Å². The van der Waals surface area contributed by atoms with Crippen LogP contribution < -0.4 is 10.3 Å². The third-order valence-corrected chi connectivity index (χ3v) is 9.03. The Morgan fingerprint density at radius 1 is 0.978 bits per heavy atom. The number of thioether (sulfide) groups is 1. The molecule has 1 aliphatic rings. The number of para-hydroxylation sites is 1. The van der Waals surface area contributed by atoms with E-state index in [1.807, 2.05) is 11.8 Å². The molecule has 4 aromatic rings. The van der Waals surface area contributed by atoms with Crippen molar-refractivity contribution in [2.45, 2.75) is 50.0 Å². The SMILES string of the molecule is COc1cccc(C(=O)N2CCN(C(=O)CCCCCSc3nc4ccccc4c(=O)n3-c3cccc(C(F)(F)F)c3)CC2C)c1. The molecule has 1 fully saturated rings. The van der Waals surface area contributed by atoms with Crippen molar-refractivity contribution in [1.29, 1.82) is 0 Å². The maximum Gasteiger partial charge on any atom is 0.416 e. The molecule has 0 saturated carbocycles. The third kappa shape index (κ3) is 7.55. The lowest BCUT2D eigenvalue weighted by Gasteiger charge is -2.40. The number of fused-ring (bicyclic) bond motifs is 1. The van der Waals surface area contributed by atoms with Gasteiger partial charge in [-0.2, -0.15) is 13.2 Å². The van der Waals surface area contributed by atoms with Crippen LogP contribution in [0.4, 0.5) is 13.2 Å². The minimum Gasteiger partial charge on any atom is -0.497 e. The van der Waals surface area contributed by atoms with Gasteiger partial charge in [-0.15, -0.1) is 0 Å². The lowest BCUT2D eigenvalue weighted by atomic mass is 10.1. The molecular formula is C34H35F3N4O4S. The van der Waals surface area contributed by atoms with E-state index in [4.69, 9.17) is 4.74 Å². The molecule has 242 valence electrons. The van der Waals surface area contributed by atoms with E-state index in [-0.39, 0.29) is 23.5 Å². The molecule has 0 spiro atoms. The molecule has 2 amide bonds. The van der Waals surface area contributed by atoms with E-state index in [0.29, 0.717) is 65.6 Å². The Hall–Kier alpha value is -4.32. The van der Waals surface area contributed by atoms with Gasteiger partial charge in [0.25, 0.3) is 11.5 Å². The first kappa shape index (κ1) is 33.1. The van der Waals surface area contributed by atoms with Crippen LogP contribution in [0.25, 0.3) is 16.6 Å². The summed E-state index contributed by atoms with van der Waals surface area (Å²) in [5.41, 5.74) is -0.147. The van der Waals surface area contributed by atoms with Crippen molar-refractivity contribution in [2.24, 2.45) is 0 Å². The summed E-state index contributed by atoms with van der Waals surface area (Å²) in [6.07, 6.45) is -2.02. The molecule has 1 unspecified atom stereocenters. The minimum atomic E-state index is -4.55. The van der Waals surface area contributed by atoms with E-state index >= 15 is 0 Å². The summed E-state index contributed by atoms with van der Waals surface area (Å²) in [5.74, 6) is 1.14. The van der Waals surface area contributed by atoms with Gasteiger partial charge in [-0.25, -0.2) is 4.98 Å². The fourth-order valence-corrected chi connectivity index (χ4v) is 6.55. The number of benzene rings is 3. The number of hydrogen-bond donors (Lipinski definition) is 0. The first-order valence-corrected chi connectivity index (χ1v) is 16.1. The molecule has 1 atom stereocenters. The topological polar surface area (TPSA) is 84.7 Å². The summed E-state index contributed by atoms with van der Waals surface area (Å²) in [7, 11) is 1.56. The molecule has 1 saturated heterocycles. The Kier molecular flexibility index (Phi) is 10.4. The summed E-state index contributed by atoms with van der Waals surface area (Å²) in [6.45, 7) is 3.32. The van der Waals surface area contributed by atoms with Crippen LogP contribution in [0.2, 0.25) is 0 Å². The van der Waals surface area contributed by atoms with Crippen LogP contribution in [0.1, 0.15) is 48.5 Å². The number of carbonyl (C=O) groups excluding carboxylic acids is 2. The van der Waals surface area contributed by atoms with E-state index in [1.54, 1.807) is 60.5 Å². The summed E-state index contributed by atoms with van der Waals surface area (Å²) < 4.78 is 46.8. The smallest absolute Gasteiger partial charge is 0.416 e. The number of carbonyl (C=O) groups is 2. The number of alkyl halides is 3. The number of methoxy groups -OCH3 is 1. The van der Waals surface area contributed by atoms with Gasteiger partial charge in [0.15, 0.2) is 5.16 Å². The molecule has 5 rings (SSSR count).